The third kappa shape index (κ3) is 2.19. The van der Waals surface area contributed by atoms with E-state index in [2.05, 4.69) is 22.8 Å². The largest absolute Gasteiger partial charge is 0.388 e. The molecular weight excluding hydrogens is 222 g/mol. The fourth-order valence-electron chi connectivity index (χ4n) is 2.56. The highest BCUT2D eigenvalue weighted by Crippen LogP contribution is 2.38. The number of anilines is 2. The van der Waals surface area contributed by atoms with Gasteiger partial charge in [0, 0.05) is 25.3 Å². The Morgan fingerprint density at radius 3 is 2.56 bits per heavy atom. The molecule has 2 rings (SSSR count). The normalized spacial score (nSPS) is 14.6. The van der Waals surface area contributed by atoms with E-state index in [1.807, 2.05) is 26.2 Å². The highest BCUT2D eigenvalue weighted by atomic mass is 14.9. The summed E-state index contributed by atoms with van der Waals surface area (Å²) in [5.74, 6) is 0. The van der Waals surface area contributed by atoms with Gasteiger partial charge in [-0.1, -0.05) is 6.08 Å². The summed E-state index contributed by atoms with van der Waals surface area (Å²) < 4.78 is 0. The molecule has 3 heteroatoms. The van der Waals surface area contributed by atoms with Gasteiger partial charge in [-0.15, -0.1) is 0 Å². The molecule has 18 heavy (non-hydrogen) atoms. The van der Waals surface area contributed by atoms with E-state index >= 15 is 0 Å². The molecule has 0 heterocycles. The molecule has 3 nitrogen and oxygen atoms in total. The van der Waals surface area contributed by atoms with Crippen molar-refractivity contribution in [2.45, 2.75) is 25.7 Å². The van der Waals surface area contributed by atoms with Crippen molar-refractivity contribution >= 4 is 16.9 Å². The lowest BCUT2D eigenvalue weighted by Crippen LogP contribution is -2.04. The van der Waals surface area contributed by atoms with Crippen molar-refractivity contribution in [3.8, 4) is 6.07 Å². The van der Waals surface area contributed by atoms with E-state index in [0.717, 1.165) is 24.2 Å². The van der Waals surface area contributed by atoms with Gasteiger partial charge in [0.15, 0.2) is 0 Å². The summed E-state index contributed by atoms with van der Waals surface area (Å²) in [6.45, 7) is 0. The van der Waals surface area contributed by atoms with Crippen molar-refractivity contribution in [2.75, 3.05) is 24.7 Å². The monoisotopic (exact) mass is 241 g/mol. The number of hydrogen-bond donors (Lipinski definition) is 2. The first kappa shape index (κ1) is 12.5. The standard InChI is InChI=1S/C15H19N3/c1-17-13-9-8-12(10-16)15(18-2)14(13)11-6-4-3-5-7-11/h6,8-9,17-18H,3-5,7H2,1-2H3. The summed E-state index contributed by atoms with van der Waals surface area (Å²) in [7, 11) is 3.80. The summed E-state index contributed by atoms with van der Waals surface area (Å²) in [6.07, 6.45) is 7.04. The Balaban J connectivity index is 2.61. The second-order valence-electron chi connectivity index (χ2n) is 4.50. The van der Waals surface area contributed by atoms with Gasteiger partial charge in [-0.2, -0.15) is 5.26 Å². The molecule has 94 valence electrons. The average molecular weight is 241 g/mol. The molecule has 2 N–H and O–H groups in total. The van der Waals surface area contributed by atoms with E-state index in [9.17, 15) is 5.26 Å². The minimum atomic E-state index is 0.706. The Morgan fingerprint density at radius 1 is 1.17 bits per heavy atom. The molecule has 0 bridgehead atoms. The Bertz CT molecular complexity index is 509. The highest BCUT2D eigenvalue weighted by Gasteiger charge is 2.16. The second-order valence-corrected chi connectivity index (χ2v) is 4.50. The maximum Gasteiger partial charge on any atom is 0.101 e. The van der Waals surface area contributed by atoms with Crippen LogP contribution in [0.3, 0.4) is 0 Å². The smallest absolute Gasteiger partial charge is 0.101 e. The molecule has 0 radical (unpaired) electrons. The molecule has 0 amide bonds. The predicted molar refractivity (Wildman–Crippen MR) is 76.7 cm³/mol. The molecule has 0 atom stereocenters. The lowest BCUT2D eigenvalue weighted by Gasteiger charge is -2.20. The fraction of sp³-hybridized carbons (Fsp3) is 0.400. The molecule has 0 aromatic heterocycles. The van der Waals surface area contributed by atoms with Gasteiger partial charge in [0.1, 0.15) is 6.07 Å². The molecule has 0 aliphatic heterocycles. The zero-order valence-electron chi connectivity index (χ0n) is 11.0. The van der Waals surface area contributed by atoms with Crippen LogP contribution in [-0.4, -0.2) is 14.1 Å². The topological polar surface area (TPSA) is 47.9 Å². The van der Waals surface area contributed by atoms with Crippen LogP contribution in [0.5, 0.6) is 0 Å². The Hall–Kier alpha value is -1.95. The fourth-order valence-corrected chi connectivity index (χ4v) is 2.56. The molecule has 0 fully saturated rings. The second kappa shape index (κ2) is 5.59. The third-order valence-corrected chi connectivity index (χ3v) is 3.46. The molecule has 0 unspecified atom stereocenters. The molecule has 1 aliphatic carbocycles. The lowest BCUT2D eigenvalue weighted by molar-refractivity contribution is 0.742. The zero-order chi connectivity index (χ0) is 13.0. The van der Waals surface area contributed by atoms with Crippen LogP contribution in [0, 0.1) is 11.3 Å². The lowest BCUT2D eigenvalue weighted by atomic mass is 9.90. The molecule has 1 aromatic carbocycles. The van der Waals surface area contributed by atoms with Crippen LogP contribution in [0.1, 0.15) is 36.8 Å². The third-order valence-electron chi connectivity index (χ3n) is 3.46. The van der Waals surface area contributed by atoms with Crippen LogP contribution in [0.25, 0.3) is 5.57 Å². The molecule has 0 saturated heterocycles. The van der Waals surface area contributed by atoms with Gasteiger partial charge in [-0.3, -0.25) is 0 Å². The summed E-state index contributed by atoms with van der Waals surface area (Å²) in [5, 5.41) is 15.6. The van der Waals surface area contributed by atoms with Crippen LogP contribution in [0.2, 0.25) is 0 Å². The first-order chi connectivity index (χ1) is 8.81. The number of benzene rings is 1. The maximum absolute atomic E-state index is 9.21. The first-order valence-corrected chi connectivity index (χ1v) is 6.43. The number of nitrogens with zero attached hydrogens (tertiary/aromatic N) is 1. The van der Waals surface area contributed by atoms with Crippen molar-refractivity contribution in [3.63, 3.8) is 0 Å². The molecule has 0 saturated carbocycles. The number of allylic oxidation sites excluding steroid dienone is 2. The summed E-state index contributed by atoms with van der Waals surface area (Å²) in [6, 6.07) is 6.12. The minimum Gasteiger partial charge on any atom is -0.388 e. The molecule has 1 aliphatic rings. The van der Waals surface area contributed by atoms with Crippen LogP contribution < -0.4 is 10.6 Å². The van der Waals surface area contributed by atoms with Gasteiger partial charge < -0.3 is 10.6 Å². The SMILES string of the molecule is CNc1ccc(C#N)c(NC)c1C1=CCCCC1. The number of nitrogens with one attached hydrogen (secondary N) is 2. The van der Waals surface area contributed by atoms with Crippen molar-refractivity contribution in [3.05, 3.63) is 29.3 Å². The molecular formula is C15H19N3. The van der Waals surface area contributed by atoms with Gasteiger partial charge in [-0.25, -0.2) is 0 Å². The Kier molecular flexibility index (Phi) is 3.88. The quantitative estimate of drug-likeness (QED) is 0.850. The number of nitriles is 1. The van der Waals surface area contributed by atoms with Gasteiger partial charge >= 0.3 is 0 Å². The van der Waals surface area contributed by atoms with Crippen molar-refractivity contribution < 1.29 is 0 Å². The number of rotatable bonds is 3. The predicted octanol–water partition coefficient (Wildman–Crippen LogP) is 3.60. The van der Waals surface area contributed by atoms with E-state index in [0.29, 0.717) is 5.56 Å². The van der Waals surface area contributed by atoms with Crippen molar-refractivity contribution in [1.82, 2.24) is 0 Å². The van der Waals surface area contributed by atoms with Gasteiger partial charge in [-0.05, 0) is 43.4 Å². The van der Waals surface area contributed by atoms with Crippen molar-refractivity contribution in [1.29, 1.82) is 5.26 Å². The first-order valence-electron chi connectivity index (χ1n) is 6.43. The van der Waals surface area contributed by atoms with Gasteiger partial charge in [0.2, 0.25) is 0 Å². The number of hydrogen-bond acceptors (Lipinski definition) is 3. The van der Waals surface area contributed by atoms with Gasteiger partial charge in [0.05, 0.1) is 11.3 Å². The van der Waals surface area contributed by atoms with Crippen molar-refractivity contribution in [2.24, 2.45) is 0 Å². The average Bonchev–Trinajstić information content (AvgIpc) is 2.46. The van der Waals surface area contributed by atoms with Gasteiger partial charge in [0.25, 0.3) is 0 Å². The van der Waals surface area contributed by atoms with E-state index in [1.165, 1.54) is 24.0 Å². The van der Waals surface area contributed by atoms with Crippen LogP contribution in [0.15, 0.2) is 18.2 Å². The Labute approximate surface area is 109 Å². The van der Waals surface area contributed by atoms with E-state index in [1.54, 1.807) is 0 Å². The van der Waals surface area contributed by atoms with Crippen LogP contribution in [-0.2, 0) is 0 Å². The maximum atomic E-state index is 9.21. The Morgan fingerprint density at radius 2 is 2.00 bits per heavy atom. The van der Waals surface area contributed by atoms with E-state index < -0.39 is 0 Å². The summed E-state index contributed by atoms with van der Waals surface area (Å²) in [5.41, 5.74) is 5.26. The highest BCUT2D eigenvalue weighted by molar-refractivity contribution is 5.88. The zero-order valence-corrected chi connectivity index (χ0v) is 11.0. The summed E-state index contributed by atoms with van der Waals surface area (Å²) >= 11 is 0. The molecule has 0 spiro atoms. The van der Waals surface area contributed by atoms with E-state index in [4.69, 9.17) is 0 Å². The molecule has 1 aromatic rings. The van der Waals surface area contributed by atoms with Crippen LogP contribution >= 0.6 is 0 Å². The summed E-state index contributed by atoms with van der Waals surface area (Å²) in [4.78, 5) is 0. The van der Waals surface area contributed by atoms with E-state index in [-0.39, 0.29) is 0 Å². The minimum absolute atomic E-state index is 0.706. The van der Waals surface area contributed by atoms with Crippen LogP contribution in [0.4, 0.5) is 11.4 Å².